The summed E-state index contributed by atoms with van der Waals surface area (Å²) in [6.45, 7) is 6.50. The maximum Gasteiger partial charge on any atom is 0.407 e. The minimum Gasteiger partial charge on any atom is -0.493 e. The third-order valence-corrected chi connectivity index (χ3v) is 3.72. The molecule has 0 unspecified atom stereocenters. The lowest BCUT2D eigenvalue weighted by Gasteiger charge is -2.19. The number of carbonyl (C=O) groups is 1. The van der Waals surface area contributed by atoms with Crippen LogP contribution in [0.15, 0.2) is 18.2 Å². The van der Waals surface area contributed by atoms with Gasteiger partial charge in [0.1, 0.15) is 11.4 Å². The average Bonchev–Trinajstić information content (AvgIpc) is 2.31. The van der Waals surface area contributed by atoms with Gasteiger partial charge in [-0.1, -0.05) is 11.6 Å². The Morgan fingerprint density at radius 1 is 1.40 bits per heavy atom. The summed E-state index contributed by atoms with van der Waals surface area (Å²) in [6, 6.07) is 5.55. The first-order valence-corrected chi connectivity index (χ1v) is 7.78. The number of rotatable bonds is 5. The van der Waals surface area contributed by atoms with Crippen molar-refractivity contribution in [3.8, 4) is 5.75 Å². The van der Waals surface area contributed by atoms with Gasteiger partial charge in [-0.15, -0.1) is 0 Å². The molecule has 20 heavy (non-hydrogen) atoms. The largest absolute Gasteiger partial charge is 0.493 e. The number of ether oxygens (including phenoxy) is 2. The maximum atomic E-state index is 11.4. The van der Waals surface area contributed by atoms with Crippen LogP contribution in [0.25, 0.3) is 0 Å². The van der Waals surface area contributed by atoms with Crippen molar-refractivity contribution in [2.75, 3.05) is 13.2 Å². The second kappa shape index (κ2) is 7.93. The van der Waals surface area contributed by atoms with Crippen LogP contribution in [0.5, 0.6) is 5.75 Å². The van der Waals surface area contributed by atoms with Crippen LogP contribution in [0.1, 0.15) is 27.2 Å². The van der Waals surface area contributed by atoms with Crippen LogP contribution in [0.3, 0.4) is 0 Å². The summed E-state index contributed by atoms with van der Waals surface area (Å²) in [5.74, 6) is 0.729. The van der Waals surface area contributed by atoms with Crippen molar-refractivity contribution in [1.82, 2.24) is 5.32 Å². The second-order valence-corrected chi connectivity index (χ2v) is 6.78. The molecule has 0 aromatic heterocycles. The summed E-state index contributed by atoms with van der Waals surface area (Å²) in [4.78, 5) is 11.4. The summed E-state index contributed by atoms with van der Waals surface area (Å²) >= 11 is 8.16. The van der Waals surface area contributed by atoms with E-state index in [1.54, 1.807) is 6.07 Å². The molecule has 1 aromatic rings. The van der Waals surface area contributed by atoms with Crippen molar-refractivity contribution < 1.29 is 14.3 Å². The van der Waals surface area contributed by atoms with E-state index >= 15 is 0 Å². The molecular weight excluding hydrogens is 393 g/mol. The van der Waals surface area contributed by atoms with Crippen molar-refractivity contribution in [3.63, 3.8) is 0 Å². The predicted octanol–water partition coefficient (Wildman–Crippen LogP) is 4.24. The van der Waals surface area contributed by atoms with Crippen LogP contribution in [0, 0.1) is 3.57 Å². The van der Waals surface area contributed by atoms with Crippen molar-refractivity contribution >= 4 is 40.3 Å². The highest BCUT2D eigenvalue weighted by molar-refractivity contribution is 14.1. The van der Waals surface area contributed by atoms with Crippen molar-refractivity contribution in [1.29, 1.82) is 0 Å². The van der Waals surface area contributed by atoms with Crippen LogP contribution in [-0.4, -0.2) is 24.8 Å². The average molecular weight is 412 g/mol. The Morgan fingerprint density at radius 3 is 2.70 bits per heavy atom. The Balaban J connectivity index is 2.19. The smallest absolute Gasteiger partial charge is 0.407 e. The molecule has 112 valence electrons. The van der Waals surface area contributed by atoms with E-state index in [0.29, 0.717) is 24.6 Å². The van der Waals surface area contributed by atoms with Crippen molar-refractivity contribution in [2.24, 2.45) is 0 Å². The molecule has 1 rings (SSSR count). The number of benzene rings is 1. The highest BCUT2D eigenvalue weighted by Crippen LogP contribution is 2.23. The van der Waals surface area contributed by atoms with Gasteiger partial charge in [0.05, 0.1) is 11.6 Å². The zero-order chi connectivity index (χ0) is 15.2. The molecule has 0 aliphatic carbocycles. The van der Waals surface area contributed by atoms with Crippen LogP contribution >= 0.6 is 34.2 Å². The third-order valence-electron chi connectivity index (χ3n) is 2.15. The maximum absolute atomic E-state index is 11.4. The first kappa shape index (κ1) is 17.4. The topological polar surface area (TPSA) is 47.6 Å². The highest BCUT2D eigenvalue weighted by Gasteiger charge is 2.15. The molecule has 0 aliphatic heterocycles. The monoisotopic (exact) mass is 411 g/mol. The standard InChI is InChI=1S/C14H19ClINO3/c1-14(2,3)20-13(18)17-7-4-8-19-10-5-6-12(16)11(15)9-10/h5-6,9H,4,7-8H2,1-3H3,(H,17,18). The van der Waals surface area contributed by atoms with Gasteiger partial charge in [-0.05, 0) is 68.0 Å². The molecule has 0 spiro atoms. The molecule has 0 bridgehead atoms. The lowest BCUT2D eigenvalue weighted by molar-refractivity contribution is 0.0525. The number of nitrogens with one attached hydrogen (secondary N) is 1. The molecule has 1 N–H and O–H groups in total. The van der Waals surface area contributed by atoms with Crippen molar-refractivity contribution in [3.05, 3.63) is 26.8 Å². The van der Waals surface area contributed by atoms with Gasteiger partial charge in [-0.2, -0.15) is 0 Å². The Bertz CT molecular complexity index is 460. The molecule has 0 radical (unpaired) electrons. The summed E-state index contributed by atoms with van der Waals surface area (Å²) in [6.07, 6.45) is 0.290. The number of halogens is 2. The van der Waals surface area contributed by atoms with Gasteiger partial charge in [0.25, 0.3) is 0 Å². The fraction of sp³-hybridized carbons (Fsp3) is 0.500. The second-order valence-electron chi connectivity index (χ2n) is 5.21. The number of amides is 1. The molecule has 1 amide bonds. The normalized spacial score (nSPS) is 11.1. The fourth-order valence-corrected chi connectivity index (χ4v) is 1.84. The van der Waals surface area contributed by atoms with Gasteiger partial charge in [-0.25, -0.2) is 4.79 Å². The van der Waals surface area contributed by atoms with E-state index < -0.39 is 11.7 Å². The van der Waals surface area contributed by atoms with E-state index in [2.05, 4.69) is 27.9 Å². The van der Waals surface area contributed by atoms with E-state index in [1.807, 2.05) is 32.9 Å². The van der Waals surface area contributed by atoms with Gasteiger partial charge < -0.3 is 14.8 Å². The zero-order valence-corrected chi connectivity index (χ0v) is 14.7. The minimum absolute atomic E-state index is 0.408. The molecule has 0 heterocycles. The summed E-state index contributed by atoms with van der Waals surface area (Å²) in [7, 11) is 0. The van der Waals surface area contributed by atoms with Gasteiger partial charge in [-0.3, -0.25) is 0 Å². The lowest BCUT2D eigenvalue weighted by Crippen LogP contribution is -2.33. The molecule has 0 saturated heterocycles. The molecule has 1 aromatic carbocycles. The van der Waals surface area contributed by atoms with E-state index in [1.165, 1.54) is 0 Å². The Hall–Kier alpha value is -0.690. The summed E-state index contributed by atoms with van der Waals surface area (Å²) in [5.41, 5.74) is -0.474. The van der Waals surface area contributed by atoms with Crippen LogP contribution in [-0.2, 0) is 4.74 Å². The van der Waals surface area contributed by atoms with Gasteiger partial charge >= 0.3 is 6.09 Å². The van der Waals surface area contributed by atoms with Crippen molar-refractivity contribution in [2.45, 2.75) is 32.8 Å². The van der Waals surface area contributed by atoms with E-state index in [9.17, 15) is 4.79 Å². The Kier molecular flexibility index (Phi) is 6.88. The van der Waals surface area contributed by atoms with Gasteiger partial charge in [0.2, 0.25) is 0 Å². The molecule has 0 saturated carbocycles. The predicted molar refractivity (Wildman–Crippen MR) is 88.5 cm³/mol. The molecule has 0 fully saturated rings. The van der Waals surface area contributed by atoms with E-state index in [-0.39, 0.29) is 0 Å². The zero-order valence-electron chi connectivity index (χ0n) is 11.8. The number of carbonyl (C=O) groups excluding carboxylic acids is 1. The van der Waals surface area contributed by atoms with Crippen LogP contribution < -0.4 is 10.1 Å². The number of alkyl carbamates (subject to hydrolysis) is 1. The first-order chi connectivity index (χ1) is 9.28. The molecular formula is C14H19ClINO3. The minimum atomic E-state index is -0.474. The lowest BCUT2D eigenvalue weighted by atomic mass is 10.2. The highest BCUT2D eigenvalue weighted by atomic mass is 127. The molecule has 6 heteroatoms. The van der Waals surface area contributed by atoms with E-state index in [4.69, 9.17) is 21.1 Å². The van der Waals surface area contributed by atoms with E-state index in [0.717, 1.165) is 9.32 Å². The third kappa shape index (κ3) is 7.19. The Morgan fingerprint density at radius 2 is 2.10 bits per heavy atom. The SMILES string of the molecule is CC(C)(C)OC(=O)NCCCOc1ccc(I)c(Cl)c1. The van der Waals surface area contributed by atoms with Crippen LogP contribution in [0.2, 0.25) is 5.02 Å². The molecule has 4 nitrogen and oxygen atoms in total. The Labute approximate surface area is 138 Å². The van der Waals surface area contributed by atoms with Gasteiger partial charge in [0, 0.05) is 10.1 Å². The number of hydrogen-bond donors (Lipinski definition) is 1. The summed E-state index contributed by atoms with van der Waals surface area (Å²) < 4.78 is 11.7. The fourth-order valence-electron chi connectivity index (χ4n) is 1.33. The molecule has 0 aliphatic rings. The van der Waals surface area contributed by atoms with Gasteiger partial charge in [0.15, 0.2) is 0 Å². The van der Waals surface area contributed by atoms with Crippen LogP contribution in [0.4, 0.5) is 4.79 Å². The molecule has 0 atom stereocenters. The quantitative estimate of drug-likeness (QED) is 0.582. The first-order valence-electron chi connectivity index (χ1n) is 6.32. The summed E-state index contributed by atoms with van der Waals surface area (Å²) in [5, 5.41) is 3.35. The number of hydrogen-bond acceptors (Lipinski definition) is 3.